The highest BCUT2D eigenvalue weighted by atomic mass is 16.6. The number of aromatic nitrogens is 1. The number of nitro benzene ring substituents is 1. The van der Waals surface area contributed by atoms with E-state index in [0.29, 0.717) is 22.3 Å². The predicted octanol–water partition coefficient (Wildman–Crippen LogP) is 2.71. The van der Waals surface area contributed by atoms with Crippen LogP contribution in [0.25, 0.3) is 10.9 Å². The molecule has 132 valence electrons. The molecule has 0 aliphatic heterocycles. The average molecular weight is 353 g/mol. The summed E-state index contributed by atoms with van der Waals surface area (Å²) in [6, 6.07) is 10.4. The van der Waals surface area contributed by atoms with Crippen LogP contribution in [0.15, 0.2) is 53.5 Å². The average Bonchev–Trinajstić information content (AvgIpc) is 2.64. The lowest BCUT2D eigenvalue weighted by Crippen LogP contribution is -2.23. The van der Waals surface area contributed by atoms with Crippen LogP contribution in [0.3, 0.4) is 0 Å². The first-order valence-electron chi connectivity index (χ1n) is 7.64. The number of aryl methyl sites for hydroxylation is 1. The number of nitrogens with one attached hydrogen (secondary N) is 1. The van der Waals surface area contributed by atoms with Crippen LogP contribution < -0.4 is 15.5 Å². The van der Waals surface area contributed by atoms with Crippen LogP contribution in [0.4, 0.5) is 11.4 Å². The van der Waals surface area contributed by atoms with E-state index >= 15 is 0 Å². The maximum atomic E-state index is 12.7. The fourth-order valence-electron chi connectivity index (χ4n) is 2.63. The summed E-state index contributed by atoms with van der Waals surface area (Å²) in [7, 11) is 3.23. The Morgan fingerprint density at radius 2 is 1.88 bits per heavy atom. The Balaban J connectivity index is 1.98. The molecule has 3 rings (SSSR count). The van der Waals surface area contributed by atoms with Gasteiger partial charge < -0.3 is 14.6 Å². The zero-order valence-electron chi connectivity index (χ0n) is 14.1. The van der Waals surface area contributed by atoms with Gasteiger partial charge in [0.1, 0.15) is 11.3 Å². The molecule has 1 N–H and O–H groups in total. The van der Waals surface area contributed by atoms with Crippen molar-refractivity contribution >= 4 is 28.2 Å². The monoisotopic (exact) mass is 353 g/mol. The highest BCUT2D eigenvalue weighted by Crippen LogP contribution is 2.19. The Labute approximate surface area is 147 Å². The number of nitro groups is 1. The van der Waals surface area contributed by atoms with Gasteiger partial charge in [-0.2, -0.15) is 0 Å². The van der Waals surface area contributed by atoms with Gasteiger partial charge in [0.15, 0.2) is 0 Å². The van der Waals surface area contributed by atoms with Gasteiger partial charge in [-0.1, -0.05) is 0 Å². The number of rotatable bonds is 4. The summed E-state index contributed by atoms with van der Waals surface area (Å²) < 4.78 is 6.82. The number of carbonyl (C=O) groups excluding carboxylic acids is 1. The second kappa shape index (κ2) is 6.67. The Morgan fingerprint density at radius 1 is 1.19 bits per heavy atom. The van der Waals surface area contributed by atoms with Crippen LogP contribution in [-0.2, 0) is 7.05 Å². The van der Waals surface area contributed by atoms with Crippen molar-refractivity contribution < 1.29 is 14.5 Å². The van der Waals surface area contributed by atoms with Crippen LogP contribution in [0.2, 0.25) is 0 Å². The molecule has 0 atom stereocenters. The zero-order valence-corrected chi connectivity index (χ0v) is 14.1. The molecule has 1 amide bonds. The molecule has 0 spiro atoms. The quantitative estimate of drug-likeness (QED) is 0.574. The first-order valence-corrected chi connectivity index (χ1v) is 7.64. The molecule has 3 aromatic rings. The Morgan fingerprint density at radius 3 is 2.50 bits per heavy atom. The molecule has 0 saturated carbocycles. The van der Waals surface area contributed by atoms with E-state index in [0.717, 1.165) is 0 Å². The van der Waals surface area contributed by atoms with Gasteiger partial charge in [-0.3, -0.25) is 19.7 Å². The number of hydrogen-bond acceptors (Lipinski definition) is 5. The number of nitrogens with zero attached hydrogens (tertiary/aromatic N) is 2. The number of benzene rings is 2. The molecule has 1 heterocycles. The molecule has 2 aromatic carbocycles. The number of pyridine rings is 1. The summed E-state index contributed by atoms with van der Waals surface area (Å²) in [5.74, 6) is -0.0771. The van der Waals surface area contributed by atoms with Gasteiger partial charge in [-0.05, 0) is 30.3 Å². The Kier molecular flexibility index (Phi) is 4.40. The van der Waals surface area contributed by atoms with Crippen molar-refractivity contribution in [2.45, 2.75) is 0 Å². The molecule has 8 heteroatoms. The number of non-ortho nitro benzene ring substituents is 1. The molecular weight excluding hydrogens is 338 g/mol. The number of anilines is 1. The number of fused-ring (bicyclic) bond motifs is 1. The van der Waals surface area contributed by atoms with E-state index in [1.807, 2.05) is 0 Å². The minimum atomic E-state index is -0.593. The Bertz CT molecular complexity index is 1070. The predicted molar refractivity (Wildman–Crippen MR) is 96.8 cm³/mol. The van der Waals surface area contributed by atoms with Crippen LogP contribution in [-0.4, -0.2) is 22.5 Å². The molecule has 8 nitrogen and oxygen atoms in total. The molecule has 0 bridgehead atoms. The molecule has 0 aliphatic rings. The van der Waals surface area contributed by atoms with Crippen molar-refractivity contribution in [2.24, 2.45) is 7.05 Å². The number of carbonyl (C=O) groups is 1. The van der Waals surface area contributed by atoms with Gasteiger partial charge in [-0.25, -0.2) is 0 Å². The maximum Gasteiger partial charge on any atom is 0.269 e. The highest BCUT2D eigenvalue weighted by molar-refractivity contribution is 6.05. The lowest BCUT2D eigenvalue weighted by molar-refractivity contribution is -0.384. The van der Waals surface area contributed by atoms with Gasteiger partial charge in [0.25, 0.3) is 11.6 Å². The normalized spacial score (nSPS) is 10.5. The fourth-order valence-corrected chi connectivity index (χ4v) is 2.63. The van der Waals surface area contributed by atoms with E-state index in [1.165, 1.54) is 37.6 Å². The molecule has 0 saturated heterocycles. The van der Waals surface area contributed by atoms with Crippen LogP contribution in [0.5, 0.6) is 5.75 Å². The summed E-state index contributed by atoms with van der Waals surface area (Å²) in [6.07, 6.45) is 1.46. The summed E-state index contributed by atoms with van der Waals surface area (Å²) in [4.78, 5) is 35.4. The molecule has 0 unspecified atom stereocenters. The number of ether oxygens (including phenoxy) is 1. The minimum absolute atomic E-state index is 0.0356. The largest absolute Gasteiger partial charge is 0.497 e. The summed E-state index contributed by atoms with van der Waals surface area (Å²) in [5, 5.41) is 13.6. The van der Waals surface area contributed by atoms with Crippen molar-refractivity contribution in [3.63, 3.8) is 0 Å². The zero-order chi connectivity index (χ0) is 18.8. The van der Waals surface area contributed by atoms with Gasteiger partial charge in [-0.15, -0.1) is 0 Å². The standard InChI is InChI=1S/C18H15N3O5/c1-20-10-15(17(22)14-9-13(26-2)7-8-16(14)20)18(23)19-11-3-5-12(6-4-11)21(24)25/h3-10H,1-2H3,(H,19,23). The van der Waals surface area contributed by atoms with Crippen molar-refractivity contribution in [3.05, 3.63) is 74.6 Å². The van der Waals surface area contributed by atoms with Crippen LogP contribution in [0.1, 0.15) is 10.4 Å². The molecule has 1 aromatic heterocycles. The third-order valence-electron chi connectivity index (χ3n) is 3.98. The van der Waals surface area contributed by atoms with E-state index in [2.05, 4.69) is 5.32 Å². The van der Waals surface area contributed by atoms with E-state index in [1.54, 1.807) is 29.8 Å². The van der Waals surface area contributed by atoms with Crippen molar-refractivity contribution in [2.75, 3.05) is 12.4 Å². The van der Waals surface area contributed by atoms with E-state index in [9.17, 15) is 19.7 Å². The molecule has 0 fully saturated rings. The van der Waals surface area contributed by atoms with Crippen molar-refractivity contribution in [3.8, 4) is 5.75 Å². The maximum absolute atomic E-state index is 12.7. The van der Waals surface area contributed by atoms with E-state index in [-0.39, 0.29) is 11.3 Å². The van der Waals surface area contributed by atoms with E-state index < -0.39 is 16.3 Å². The van der Waals surface area contributed by atoms with Crippen LogP contribution in [0, 0.1) is 10.1 Å². The summed E-state index contributed by atoms with van der Waals surface area (Å²) >= 11 is 0. The first kappa shape index (κ1) is 17.2. The molecule has 26 heavy (non-hydrogen) atoms. The Hall–Kier alpha value is -3.68. The molecule has 0 aliphatic carbocycles. The molecule has 0 radical (unpaired) electrons. The smallest absolute Gasteiger partial charge is 0.269 e. The van der Waals surface area contributed by atoms with Crippen molar-refractivity contribution in [1.29, 1.82) is 0 Å². The van der Waals surface area contributed by atoms with Gasteiger partial charge >= 0.3 is 0 Å². The molecular formula is C18H15N3O5. The number of amides is 1. The summed E-state index contributed by atoms with van der Waals surface area (Å²) in [6.45, 7) is 0. The topological polar surface area (TPSA) is 103 Å². The third-order valence-corrected chi connectivity index (χ3v) is 3.98. The van der Waals surface area contributed by atoms with E-state index in [4.69, 9.17) is 4.74 Å². The van der Waals surface area contributed by atoms with Crippen LogP contribution >= 0.6 is 0 Å². The minimum Gasteiger partial charge on any atom is -0.497 e. The number of hydrogen-bond donors (Lipinski definition) is 1. The van der Waals surface area contributed by atoms with Gasteiger partial charge in [0.2, 0.25) is 5.43 Å². The highest BCUT2D eigenvalue weighted by Gasteiger charge is 2.16. The van der Waals surface area contributed by atoms with Gasteiger partial charge in [0, 0.05) is 31.1 Å². The summed E-state index contributed by atoms with van der Waals surface area (Å²) in [5.41, 5.74) is 0.482. The fraction of sp³-hybridized carbons (Fsp3) is 0.111. The second-order valence-electron chi connectivity index (χ2n) is 5.62. The lowest BCUT2D eigenvalue weighted by Gasteiger charge is -2.10. The number of methoxy groups -OCH3 is 1. The third kappa shape index (κ3) is 3.12. The SMILES string of the molecule is COc1ccc2c(c1)c(=O)c(C(=O)Nc1ccc([N+](=O)[O-])cc1)cn2C. The first-order chi connectivity index (χ1) is 12.4. The second-order valence-corrected chi connectivity index (χ2v) is 5.62. The van der Waals surface area contributed by atoms with Gasteiger partial charge in [0.05, 0.1) is 22.9 Å². The lowest BCUT2D eigenvalue weighted by atomic mass is 10.1. The van der Waals surface area contributed by atoms with Crippen molar-refractivity contribution in [1.82, 2.24) is 4.57 Å².